The van der Waals surface area contributed by atoms with Crippen LogP contribution in [0.3, 0.4) is 0 Å². The van der Waals surface area contributed by atoms with Gasteiger partial charge in [-0.15, -0.1) is 5.10 Å². The Hall–Kier alpha value is -3.02. The third-order valence-electron chi connectivity index (χ3n) is 3.98. The fourth-order valence-corrected chi connectivity index (χ4v) is 2.64. The van der Waals surface area contributed by atoms with Crippen LogP contribution in [0.15, 0.2) is 59.4 Å². The van der Waals surface area contributed by atoms with Crippen LogP contribution >= 0.6 is 0 Å². The van der Waals surface area contributed by atoms with Crippen molar-refractivity contribution in [3.8, 4) is 0 Å². The Morgan fingerprint density at radius 2 is 1.80 bits per heavy atom. The van der Waals surface area contributed by atoms with E-state index in [2.05, 4.69) is 15.6 Å². The van der Waals surface area contributed by atoms with Gasteiger partial charge in [-0.1, -0.05) is 47.7 Å². The van der Waals surface area contributed by atoms with Crippen LogP contribution < -0.4 is 10.9 Å². The van der Waals surface area contributed by atoms with Gasteiger partial charge < -0.3 is 5.32 Å². The standard InChI is InChI=1S/C19H20N4O2/c24-18(20-13-12-15-7-2-1-3-8-15)11-6-14-23-19(25)16-9-4-5-10-17(16)21-22-23/h1-5,7-10H,6,11-14H2,(H,20,24). The molecule has 0 radical (unpaired) electrons. The highest BCUT2D eigenvalue weighted by molar-refractivity contribution is 5.76. The maximum absolute atomic E-state index is 12.3. The number of aryl methyl sites for hydroxylation is 1. The van der Waals surface area contributed by atoms with Crippen molar-refractivity contribution in [2.45, 2.75) is 25.8 Å². The van der Waals surface area contributed by atoms with Crippen molar-refractivity contribution in [3.63, 3.8) is 0 Å². The minimum atomic E-state index is -0.171. The zero-order valence-corrected chi connectivity index (χ0v) is 13.9. The molecule has 0 bridgehead atoms. The summed E-state index contributed by atoms with van der Waals surface area (Å²) < 4.78 is 1.32. The largest absolute Gasteiger partial charge is 0.356 e. The fraction of sp³-hybridized carbons (Fsp3) is 0.263. The number of benzene rings is 2. The number of rotatable bonds is 7. The third kappa shape index (κ3) is 4.50. The second-order valence-corrected chi connectivity index (χ2v) is 5.82. The highest BCUT2D eigenvalue weighted by Gasteiger charge is 2.06. The molecule has 6 heteroatoms. The Labute approximate surface area is 145 Å². The fourth-order valence-electron chi connectivity index (χ4n) is 2.64. The van der Waals surface area contributed by atoms with Crippen LogP contribution in [-0.2, 0) is 17.8 Å². The molecule has 0 atom stereocenters. The first-order valence-corrected chi connectivity index (χ1v) is 8.37. The van der Waals surface area contributed by atoms with Crippen LogP contribution in [0.1, 0.15) is 18.4 Å². The number of carbonyl (C=O) groups excluding carboxylic acids is 1. The van der Waals surface area contributed by atoms with Crippen LogP contribution in [-0.4, -0.2) is 27.4 Å². The molecule has 0 aliphatic carbocycles. The molecule has 128 valence electrons. The summed E-state index contributed by atoms with van der Waals surface area (Å²) in [5.41, 5.74) is 1.61. The normalized spacial score (nSPS) is 10.7. The molecule has 25 heavy (non-hydrogen) atoms. The quantitative estimate of drug-likeness (QED) is 0.715. The zero-order valence-electron chi connectivity index (χ0n) is 13.9. The zero-order chi connectivity index (χ0) is 17.5. The van der Waals surface area contributed by atoms with E-state index in [1.54, 1.807) is 18.2 Å². The van der Waals surface area contributed by atoms with Crippen molar-refractivity contribution in [1.29, 1.82) is 0 Å². The lowest BCUT2D eigenvalue weighted by Gasteiger charge is -2.06. The molecular formula is C19H20N4O2. The lowest BCUT2D eigenvalue weighted by molar-refractivity contribution is -0.121. The molecule has 1 N–H and O–H groups in total. The average molecular weight is 336 g/mol. The predicted molar refractivity (Wildman–Crippen MR) is 96.2 cm³/mol. The Morgan fingerprint density at radius 1 is 1.04 bits per heavy atom. The first-order chi connectivity index (χ1) is 12.2. The summed E-state index contributed by atoms with van der Waals surface area (Å²) in [6.45, 7) is 0.987. The molecule has 3 aromatic rings. The molecule has 6 nitrogen and oxygen atoms in total. The molecule has 1 amide bonds. The lowest BCUT2D eigenvalue weighted by Crippen LogP contribution is -2.27. The summed E-state index contributed by atoms with van der Waals surface area (Å²) >= 11 is 0. The van der Waals surface area contributed by atoms with Gasteiger partial charge in [0, 0.05) is 19.5 Å². The molecular weight excluding hydrogens is 316 g/mol. The summed E-state index contributed by atoms with van der Waals surface area (Å²) in [6.07, 6.45) is 1.71. The van der Waals surface area contributed by atoms with Gasteiger partial charge in [-0.25, -0.2) is 4.68 Å². The van der Waals surface area contributed by atoms with Crippen molar-refractivity contribution in [3.05, 3.63) is 70.5 Å². The van der Waals surface area contributed by atoms with Crippen LogP contribution in [0, 0.1) is 0 Å². The van der Waals surface area contributed by atoms with E-state index >= 15 is 0 Å². The van der Waals surface area contributed by atoms with Crippen molar-refractivity contribution in [2.24, 2.45) is 0 Å². The SMILES string of the molecule is O=C(CCCn1nnc2ccccc2c1=O)NCCc1ccccc1. The topological polar surface area (TPSA) is 76.9 Å². The Balaban J connectivity index is 1.45. The van der Waals surface area contributed by atoms with E-state index in [1.807, 2.05) is 36.4 Å². The summed E-state index contributed by atoms with van der Waals surface area (Å²) in [6, 6.07) is 17.1. The average Bonchev–Trinajstić information content (AvgIpc) is 2.65. The summed E-state index contributed by atoms with van der Waals surface area (Å²) in [4.78, 5) is 24.2. The number of hydrogen-bond acceptors (Lipinski definition) is 4. The molecule has 3 rings (SSSR count). The van der Waals surface area contributed by atoms with E-state index < -0.39 is 0 Å². The number of amides is 1. The maximum Gasteiger partial charge on any atom is 0.277 e. The van der Waals surface area contributed by atoms with E-state index in [0.29, 0.717) is 36.8 Å². The molecule has 0 saturated heterocycles. The minimum Gasteiger partial charge on any atom is -0.356 e. The van der Waals surface area contributed by atoms with Crippen LogP contribution in [0.4, 0.5) is 0 Å². The highest BCUT2D eigenvalue weighted by Crippen LogP contribution is 2.04. The lowest BCUT2D eigenvalue weighted by atomic mass is 10.1. The molecule has 0 fully saturated rings. The Kier molecular flexibility index (Phi) is 5.51. The van der Waals surface area contributed by atoms with E-state index in [-0.39, 0.29) is 11.5 Å². The summed E-state index contributed by atoms with van der Waals surface area (Å²) in [5.74, 6) is -0.0160. The van der Waals surface area contributed by atoms with Crippen molar-refractivity contribution in [2.75, 3.05) is 6.54 Å². The van der Waals surface area contributed by atoms with Crippen LogP contribution in [0.5, 0.6) is 0 Å². The first kappa shape index (κ1) is 16.8. The number of aromatic nitrogens is 3. The molecule has 1 aromatic heterocycles. The molecule has 2 aromatic carbocycles. The molecule has 0 aliphatic heterocycles. The molecule has 0 saturated carbocycles. The van der Waals surface area contributed by atoms with Crippen molar-refractivity contribution in [1.82, 2.24) is 20.3 Å². The first-order valence-electron chi connectivity index (χ1n) is 8.37. The van der Waals surface area contributed by atoms with Gasteiger partial charge in [0.1, 0.15) is 5.52 Å². The smallest absolute Gasteiger partial charge is 0.277 e. The van der Waals surface area contributed by atoms with E-state index in [9.17, 15) is 9.59 Å². The van der Waals surface area contributed by atoms with Crippen LogP contribution in [0.25, 0.3) is 10.9 Å². The second-order valence-electron chi connectivity index (χ2n) is 5.82. The van der Waals surface area contributed by atoms with E-state index in [0.717, 1.165) is 6.42 Å². The van der Waals surface area contributed by atoms with Crippen LogP contribution in [0.2, 0.25) is 0 Å². The Morgan fingerprint density at radius 3 is 2.64 bits per heavy atom. The predicted octanol–water partition coefficient (Wildman–Crippen LogP) is 1.93. The van der Waals surface area contributed by atoms with Gasteiger partial charge in [0.2, 0.25) is 5.91 Å². The number of nitrogens with one attached hydrogen (secondary N) is 1. The number of hydrogen-bond donors (Lipinski definition) is 1. The maximum atomic E-state index is 12.3. The van der Waals surface area contributed by atoms with Gasteiger partial charge in [-0.2, -0.15) is 0 Å². The minimum absolute atomic E-state index is 0.0160. The molecule has 0 unspecified atom stereocenters. The number of nitrogens with zero attached hydrogens (tertiary/aromatic N) is 3. The van der Waals surface area contributed by atoms with Gasteiger partial charge in [-0.3, -0.25) is 9.59 Å². The molecule has 0 aliphatic rings. The third-order valence-corrected chi connectivity index (χ3v) is 3.98. The molecule has 0 spiro atoms. The highest BCUT2D eigenvalue weighted by atomic mass is 16.1. The Bertz CT molecular complexity index is 906. The number of fused-ring (bicyclic) bond motifs is 1. The summed E-state index contributed by atoms with van der Waals surface area (Å²) in [7, 11) is 0. The second kappa shape index (κ2) is 8.19. The van der Waals surface area contributed by atoms with Crippen molar-refractivity contribution >= 4 is 16.8 Å². The van der Waals surface area contributed by atoms with E-state index in [1.165, 1.54) is 10.2 Å². The van der Waals surface area contributed by atoms with Gasteiger partial charge in [0.15, 0.2) is 0 Å². The monoisotopic (exact) mass is 336 g/mol. The van der Waals surface area contributed by atoms with E-state index in [4.69, 9.17) is 0 Å². The summed E-state index contributed by atoms with van der Waals surface area (Å²) in [5, 5.41) is 11.4. The number of carbonyl (C=O) groups is 1. The molecule has 1 heterocycles. The van der Waals surface area contributed by atoms with Gasteiger partial charge in [0.25, 0.3) is 5.56 Å². The van der Waals surface area contributed by atoms with Crippen molar-refractivity contribution < 1.29 is 4.79 Å². The van der Waals surface area contributed by atoms with Gasteiger partial charge >= 0.3 is 0 Å². The van der Waals surface area contributed by atoms with Gasteiger partial charge in [0.05, 0.1) is 5.39 Å². The van der Waals surface area contributed by atoms with Gasteiger partial charge in [-0.05, 0) is 30.5 Å².